The highest BCUT2D eigenvalue weighted by Gasteiger charge is 2.69. The van der Waals surface area contributed by atoms with Crippen LogP contribution in [-0.4, -0.2) is 49.2 Å². The number of ether oxygens (including phenoxy) is 1. The van der Waals surface area contributed by atoms with E-state index < -0.39 is 71.3 Å². The molecular weight excluding hydrogens is 577 g/mol. The summed E-state index contributed by atoms with van der Waals surface area (Å²) in [7, 11) is 0. The average molecular weight is 602 g/mol. The van der Waals surface area contributed by atoms with Crippen LogP contribution in [0.25, 0.3) is 17.2 Å². The van der Waals surface area contributed by atoms with Crippen LogP contribution in [0.3, 0.4) is 0 Å². The van der Waals surface area contributed by atoms with Crippen molar-refractivity contribution in [3.63, 3.8) is 0 Å². The number of aryl methyl sites for hydroxylation is 1. The summed E-state index contributed by atoms with van der Waals surface area (Å²) in [5.74, 6) is -7.87. The zero-order chi connectivity index (χ0) is 31.1. The second-order valence-corrected chi connectivity index (χ2v) is 11.1. The number of pyridine rings is 1. The second-order valence-electron chi connectivity index (χ2n) is 11.1. The molecule has 4 aromatic rings. The van der Waals surface area contributed by atoms with E-state index in [0.29, 0.717) is 11.8 Å². The first-order chi connectivity index (χ1) is 20.1. The van der Waals surface area contributed by atoms with Crippen molar-refractivity contribution in [1.29, 1.82) is 0 Å². The Labute approximate surface area is 240 Å². The van der Waals surface area contributed by atoms with E-state index in [1.807, 2.05) is 0 Å². The van der Waals surface area contributed by atoms with E-state index >= 15 is 0 Å². The molecule has 1 aromatic carbocycles. The van der Waals surface area contributed by atoms with Crippen LogP contribution >= 0.6 is 0 Å². The summed E-state index contributed by atoms with van der Waals surface area (Å²) in [6.45, 7) is 3.60. The molecule has 1 aliphatic carbocycles. The molecule has 1 aliphatic heterocycles. The third-order valence-electron chi connectivity index (χ3n) is 7.77. The van der Waals surface area contributed by atoms with E-state index in [0.717, 1.165) is 6.07 Å². The molecule has 1 saturated carbocycles. The number of hydrogen-bond donors (Lipinski definition) is 3. The van der Waals surface area contributed by atoms with E-state index in [2.05, 4.69) is 25.6 Å². The molecular formula is C28H24F5N7O3. The summed E-state index contributed by atoms with van der Waals surface area (Å²) >= 11 is 0. The Hall–Kier alpha value is -4.66. The van der Waals surface area contributed by atoms with Gasteiger partial charge in [0.25, 0.3) is 11.8 Å². The Morgan fingerprint density at radius 3 is 2.53 bits per heavy atom. The van der Waals surface area contributed by atoms with Gasteiger partial charge in [-0.25, -0.2) is 36.9 Å². The summed E-state index contributed by atoms with van der Waals surface area (Å²) in [4.78, 5) is 39.5. The van der Waals surface area contributed by atoms with Gasteiger partial charge >= 0.3 is 0 Å². The van der Waals surface area contributed by atoms with E-state index in [1.165, 1.54) is 10.5 Å². The van der Waals surface area contributed by atoms with Crippen molar-refractivity contribution in [1.82, 2.24) is 24.7 Å². The Kier molecular flexibility index (Phi) is 6.24. The number of nitrogens with two attached hydrogens (primary N) is 1. The molecule has 10 nitrogen and oxygen atoms in total. The molecule has 4 N–H and O–H groups in total. The van der Waals surface area contributed by atoms with Gasteiger partial charge in [0.15, 0.2) is 28.9 Å². The molecule has 2 amide bonds. The first-order valence-corrected chi connectivity index (χ1v) is 13.1. The Morgan fingerprint density at radius 2 is 1.84 bits per heavy atom. The molecule has 15 heteroatoms. The van der Waals surface area contributed by atoms with Gasteiger partial charge < -0.3 is 21.1 Å². The molecule has 6 rings (SSSR count). The monoisotopic (exact) mass is 601 g/mol. The predicted octanol–water partition coefficient (Wildman–Crippen LogP) is 3.79. The highest BCUT2D eigenvalue weighted by molar-refractivity contribution is 6.09. The summed E-state index contributed by atoms with van der Waals surface area (Å²) in [5.41, 5.74) is 2.77. The van der Waals surface area contributed by atoms with Gasteiger partial charge in [-0.15, -0.1) is 0 Å². The fourth-order valence-corrected chi connectivity index (χ4v) is 5.05. The Balaban J connectivity index is 1.40. The molecule has 4 heterocycles. The van der Waals surface area contributed by atoms with Gasteiger partial charge in [-0.1, -0.05) is 0 Å². The highest BCUT2D eigenvalue weighted by Crippen LogP contribution is 2.50. The third-order valence-corrected chi connectivity index (χ3v) is 7.77. The number of rotatable bonds is 7. The van der Waals surface area contributed by atoms with Crippen LogP contribution in [0, 0.1) is 24.4 Å². The number of nitrogens with one attached hydrogen (secondary N) is 2. The lowest BCUT2D eigenvalue weighted by molar-refractivity contribution is -0.119. The summed E-state index contributed by atoms with van der Waals surface area (Å²) in [6, 6.07) is 4.50. The number of fused-ring (bicyclic) bond motifs is 2. The Bertz CT molecular complexity index is 1860. The van der Waals surface area contributed by atoms with Crippen molar-refractivity contribution in [3.05, 3.63) is 70.4 Å². The Morgan fingerprint density at radius 1 is 1.14 bits per heavy atom. The maximum absolute atomic E-state index is 14.2. The summed E-state index contributed by atoms with van der Waals surface area (Å²) in [6.07, 6.45) is 0.996. The van der Waals surface area contributed by atoms with Gasteiger partial charge in [-0.3, -0.25) is 14.0 Å². The van der Waals surface area contributed by atoms with Gasteiger partial charge in [0, 0.05) is 24.7 Å². The topological polar surface area (TPSA) is 137 Å². The fourth-order valence-electron chi connectivity index (χ4n) is 5.05. The normalized spacial score (nSPS) is 19.7. The minimum atomic E-state index is -3.12. The van der Waals surface area contributed by atoms with Gasteiger partial charge in [0.2, 0.25) is 5.91 Å². The first kappa shape index (κ1) is 28.5. The van der Waals surface area contributed by atoms with Crippen LogP contribution in [0.2, 0.25) is 0 Å². The molecule has 0 saturated heterocycles. The van der Waals surface area contributed by atoms with Crippen molar-refractivity contribution >= 4 is 23.3 Å². The summed E-state index contributed by atoms with van der Waals surface area (Å²) < 4.78 is 76.5. The number of amides is 2. The van der Waals surface area contributed by atoms with E-state index in [1.54, 1.807) is 33.0 Å². The number of alkyl halides is 2. The maximum atomic E-state index is 14.2. The minimum absolute atomic E-state index is 0.0366. The molecule has 43 heavy (non-hydrogen) atoms. The molecule has 1 atom stereocenters. The van der Waals surface area contributed by atoms with Crippen molar-refractivity contribution in [2.24, 2.45) is 5.73 Å². The number of halogens is 5. The molecule has 2 aliphatic rings. The van der Waals surface area contributed by atoms with Crippen LogP contribution < -0.4 is 21.1 Å². The highest BCUT2D eigenvalue weighted by atomic mass is 19.3. The number of carbonyl (C=O) groups is 2. The van der Waals surface area contributed by atoms with Crippen LogP contribution in [0.4, 0.5) is 27.8 Å². The van der Waals surface area contributed by atoms with E-state index in [4.69, 9.17) is 10.5 Å². The molecule has 1 fully saturated rings. The SMILES string of the molecule is Cc1nc2c(OCc3c(F)ccc(F)c3F)cccn2c1-c1nc2c(c(C(=O)NCC3(N)CC3(F)F)n1)C(C)(C)C(=O)N2. The lowest BCUT2D eigenvalue weighted by atomic mass is 9.85. The molecule has 0 spiro atoms. The smallest absolute Gasteiger partial charge is 0.270 e. The largest absolute Gasteiger partial charge is 0.485 e. The summed E-state index contributed by atoms with van der Waals surface area (Å²) in [5, 5.41) is 5.06. The fraction of sp³-hybridized carbons (Fsp3) is 0.321. The lowest BCUT2D eigenvalue weighted by Crippen LogP contribution is -2.44. The van der Waals surface area contributed by atoms with Crippen LogP contribution in [0.5, 0.6) is 5.75 Å². The molecule has 1 unspecified atom stereocenters. The number of anilines is 1. The quantitative estimate of drug-likeness (QED) is 0.217. The predicted molar refractivity (Wildman–Crippen MR) is 142 cm³/mol. The van der Waals surface area contributed by atoms with Crippen LogP contribution in [0.15, 0.2) is 30.5 Å². The van der Waals surface area contributed by atoms with Gasteiger partial charge in [-0.05, 0) is 45.0 Å². The third kappa shape index (κ3) is 4.45. The molecule has 3 aromatic heterocycles. The van der Waals surface area contributed by atoms with Crippen molar-refractivity contribution in [2.75, 3.05) is 11.9 Å². The number of benzene rings is 1. The lowest BCUT2D eigenvalue weighted by Gasteiger charge is -2.19. The standard InChI is InChI=1S/C28H24F5N7O3/c1-12-20(40-8-4-5-16(23(40)36-12)43-9-13-14(29)6-7-15(30)18(13)31)22-37-19(17-21(38-22)39-25(42)26(17,2)3)24(41)35-11-27(34)10-28(27,32)33/h4-8H,9-11,34H2,1-3H3,(H,35,41)(H,37,38,39,42). The van der Waals surface area contributed by atoms with Crippen LogP contribution in [-0.2, 0) is 16.8 Å². The zero-order valence-electron chi connectivity index (χ0n) is 23.0. The zero-order valence-corrected chi connectivity index (χ0v) is 23.0. The van der Waals surface area contributed by atoms with Gasteiger partial charge in [0.1, 0.15) is 35.2 Å². The molecule has 0 radical (unpaired) electrons. The first-order valence-electron chi connectivity index (χ1n) is 13.1. The molecule has 0 bridgehead atoms. The van der Waals surface area contributed by atoms with Gasteiger partial charge in [-0.2, -0.15) is 0 Å². The number of imidazole rings is 1. The van der Waals surface area contributed by atoms with Crippen molar-refractivity contribution < 1.29 is 36.3 Å². The van der Waals surface area contributed by atoms with Gasteiger partial charge in [0.05, 0.1) is 16.7 Å². The minimum Gasteiger partial charge on any atom is -0.485 e. The van der Waals surface area contributed by atoms with E-state index in [9.17, 15) is 31.5 Å². The number of aromatic nitrogens is 4. The molecule has 224 valence electrons. The van der Waals surface area contributed by atoms with E-state index in [-0.39, 0.29) is 40.0 Å². The average Bonchev–Trinajstić information content (AvgIpc) is 3.16. The maximum Gasteiger partial charge on any atom is 0.270 e. The van der Waals surface area contributed by atoms with Crippen molar-refractivity contribution in [3.8, 4) is 17.3 Å². The van der Waals surface area contributed by atoms with Crippen LogP contribution in [0.1, 0.15) is 47.6 Å². The number of carbonyl (C=O) groups excluding carboxylic acids is 2. The number of hydrogen-bond acceptors (Lipinski definition) is 7. The second kappa shape index (κ2) is 9.42. The van der Waals surface area contributed by atoms with Crippen molar-refractivity contribution in [2.45, 2.75) is 50.7 Å². The number of nitrogens with zero attached hydrogens (tertiary/aromatic N) is 4.